The van der Waals surface area contributed by atoms with Gasteiger partial charge in [0.2, 0.25) is 0 Å². The molecule has 1 spiro atoms. The van der Waals surface area contributed by atoms with Crippen LogP contribution in [0, 0.1) is 11.3 Å². The molecule has 0 radical (unpaired) electrons. The fourth-order valence-electron chi connectivity index (χ4n) is 2.59. The number of carbonyl (C=O) groups excluding carboxylic acids is 1. The highest BCUT2D eigenvalue weighted by molar-refractivity contribution is 5.73. The van der Waals surface area contributed by atoms with E-state index in [1.807, 2.05) is 0 Å². The minimum Gasteiger partial charge on any atom is -0.469 e. The van der Waals surface area contributed by atoms with Crippen LogP contribution in [0.5, 0.6) is 0 Å². The van der Waals surface area contributed by atoms with E-state index in [0.717, 1.165) is 25.7 Å². The molecule has 0 aliphatic heterocycles. The molecule has 0 saturated heterocycles. The molecular formula is C9H14O3. The summed E-state index contributed by atoms with van der Waals surface area (Å²) >= 11 is 0. The average Bonchev–Trinajstić information content (AvgIpc) is 1.92. The minimum absolute atomic E-state index is 0.0815. The standard InChI is InChI=1S/C9H14O3/c1-12-8(11)6-2-9(3-6)4-7(10)5-9/h6-7,10H,2-5H2,1H3. The van der Waals surface area contributed by atoms with Crippen LogP contribution in [0.4, 0.5) is 0 Å². The zero-order valence-electron chi connectivity index (χ0n) is 7.25. The zero-order chi connectivity index (χ0) is 8.77. The molecule has 0 atom stereocenters. The highest BCUT2D eigenvalue weighted by Gasteiger charge is 2.54. The van der Waals surface area contributed by atoms with Crippen molar-refractivity contribution in [3.05, 3.63) is 0 Å². The molecular weight excluding hydrogens is 156 g/mol. The van der Waals surface area contributed by atoms with Crippen molar-refractivity contribution < 1.29 is 14.6 Å². The van der Waals surface area contributed by atoms with Gasteiger partial charge in [0, 0.05) is 0 Å². The van der Waals surface area contributed by atoms with Crippen LogP contribution in [-0.2, 0) is 9.53 Å². The molecule has 0 amide bonds. The van der Waals surface area contributed by atoms with Crippen LogP contribution in [0.15, 0.2) is 0 Å². The summed E-state index contributed by atoms with van der Waals surface area (Å²) in [5, 5.41) is 9.11. The van der Waals surface area contributed by atoms with Gasteiger partial charge in [0.15, 0.2) is 0 Å². The SMILES string of the molecule is COC(=O)C1CC2(CC(O)C2)C1. The lowest BCUT2D eigenvalue weighted by molar-refractivity contribution is -0.166. The Kier molecular flexibility index (Phi) is 1.65. The van der Waals surface area contributed by atoms with E-state index in [9.17, 15) is 4.79 Å². The van der Waals surface area contributed by atoms with Crippen LogP contribution in [0.2, 0.25) is 0 Å². The molecule has 12 heavy (non-hydrogen) atoms. The first kappa shape index (κ1) is 8.05. The predicted molar refractivity (Wildman–Crippen MR) is 42.4 cm³/mol. The van der Waals surface area contributed by atoms with Crippen LogP contribution in [0.1, 0.15) is 25.7 Å². The van der Waals surface area contributed by atoms with Gasteiger partial charge in [0.05, 0.1) is 19.1 Å². The second-order valence-corrected chi connectivity index (χ2v) is 4.19. The second-order valence-electron chi connectivity index (χ2n) is 4.19. The number of aliphatic hydroxyl groups excluding tert-OH is 1. The number of hydrogen-bond acceptors (Lipinski definition) is 3. The predicted octanol–water partition coefficient (Wildman–Crippen LogP) is 0.710. The molecule has 0 aromatic rings. The van der Waals surface area contributed by atoms with Gasteiger partial charge in [-0.25, -0.2) is 0 Å². The highest BCUT2D eigenvalue weighted by Crippen LogP contribution is 2.58. The maximum absolute atomic E-state index is 11.0. The summed E-state index contributed by atoms with van der Waals surface area (Å²) in [7, 11) is 1.43. The Morgan fingerprint density at radius 3 is 2.42 bits per heavy atom. The van der Waals surface area contributed by atoms with Crippen molar-refractivity contribution in [1.29, 1.82) is 0 Å². The van der Waals surface area contributed by atoms with Gasteiger partial charge in [0.1, 0.15) is 0 Å². The van der Waals surface area contributed by atoms with Crippen LogP contribution in [0.3, 0.4) is 0 Å². The van der Waals surface area contributed by atoms with E-state index in [4.69, 9.17) is 5.11 Å². The van der Waals surface area contributed by atoms with E-state index in [2.05, 4.69) is 4.74 Å². The fourth-order valence-corrected chi connectivity index (χ4v) is 2.59. The Bertz CT molecular complexity index is 198. The Balaban J connectivity index is 1.81. The molecule has 0 unspecified atom stereocenters. The summed E-state index contributed by atoms with van der Waals surface area (Å²) in [6.45, 7) is 0. The van der Waals surface area contributed by atoms with Gasteiger partial charge >= 0.3 is 5.97 Å². The number of carbonyl (C=O) groups is 1. The van der Waals surface area contributed by atoms with Crippen LogP contribution in [-0.4, -0.2) is 24.3 Å². The first-order chi connectivity index (χ1) is 5.65. The Morgan fingerprint density at radius 2 is 2.00 bits per heavy atom. The van der Waals surface area contributed by atoms with E-state index in [-0.39, 0.29) is 18.0 Å². The molecule has 1 N–H and O–H groups in total. The number of methoxy groups -OCH3 is 1. The van der Waals surface area contributed by atoms with E-state index >= 15 is 0 Å². The largest absolute Gasteiger partial charge is 0.469 e. The van der Waals surface area contributed by atoms with Gasteiger partial charge in [-0.3, -0.25) is 4.79 Å². The first-order valence-electron chi connectivity index (χ1n) is 4.41. The van der Waals surface area contributed by atoms with Gasteiger partial charge < -0.3 is 9.84 Å². The van der Waals surface area contributed by atoms with Crippen molar-refractivity contribution in [1.82, 2.24) is 0 Å². The quantitative estimate of drug-likeness (QED) is 0.589. The van der Waals surface area contributed by atoms with Crippen LogP contribution < -0.4 is 0 Å². The highest BCUT2D eigenvalue weighted by atomic mass is 16.5. The topological polar surface area (TPSA) is 46.5 Å². The molecule has 0 heterocycles. The Labute approximate surface area is 71.7 Å². The molecule has 2 rings (SSSR count). The van der Waals surface area contributed by atoms with E-state index < -0.39 is 0 Å². The van der Waals surface area contributed by atoms with E-state index in [1.165, 1.54) is 7.11 Å². The molecule has 0 aromatic heterocycles. The van der Waals surface area contributed by atoms with Gasteiger partial charge in [0.25, 0.3) is 0 Å². The molecule has 0 bridgehead atoms. The molecule has 2 aliphatic carbocycles. The molecule has 2 aliphatic rings. The third-order valence-corrected chi connectivity index (χ3v) is 3.23. The minimum atomic E-state index is -0.108. The summed E-state index contributed by atoms with van der Waals surface area (Å²) in [6, 6.07) is 0. The van der Waals surface area contributed by atoms with Gasteiger partial charge in [-0.05, 0) is 31.1 Å². The van der Waals surface area contributed by atoms with Crippen molar-refractivity contribution in [2.24, 2.45) is 11.3 Å². The third kappa shape index (κ3) is 1.04. The summed E-state index contributed by atoms with van der Waals surface area (Å²) in [6.07, 6.45) is 3.53. The number of hydrogen-bond donors (Lipinski definition) is 1. The molecule has 3 heteroatoms. The second kappa shape index (κ2) is 2.46. The fraction of sp³-hybridized carbons (Fsp3) is 0.889. The van der Waals surface area contributed by atoms with Gasteiger partial charge in [-0.15, -0.1) is 0 Å². The third-order valence-electron chi connectivity index (χ3n) is 3.23. The van der Waals surface area contributed by atoms with Crippen LogP contribution in [0.25, 0.3) is 0 Å². The summed E-state index contributed by atoms with van der Waals surface area (Å²) in [4.78, 5) is 11.0. The first-order valence-corrected chi connectivity index (χ1v) is 4.41. The monoisotopic (exact) mass is 170 g/mol. The lowest BCUT2D eigenvalue weighted by atomic mass is 9.51. The van der Waals surface area contributed by atoms with Gasteiger partial charge in [-0.1, -0.05) is 0 Å². The summed E-state index contributed by atoms with van der Waals surface area (Å²) < 4.78 is 4.64. The zero-order valence-corrected chi connectivity index (χ0v) is 7.25. The van der Waals surface area contributed by atoms with Crippen LogP contribution >= 0.6 is 0 Å². The molecule has 3 nitrogen and oxygen atoms in total. The van der Waals surface area contributed by atoms with Crippen molar-refractivity contribution in [2.75, 3.05) is 7.11 Å². The lowest BCUT2D eigenvalue weighted by Gasteiger charge is -2.55. The van der Waals surface area contributed by atoms with E-state index in [0.29, 0.717) is 5.41 Å². The van der Waals surface area contributed by atoms with Crippen molar-refractivity contribution >= 4 is 5.97 Å². The van der Waals surface area contributed by atoms with E-state index in [1.54, 1.807) is 0 Å². The van der Waals surface area contributed by atoms with Crippen molar-refractivity contribution in [2.45, 2.75) is 31.8 Å². The lowest BCUT2D eigenvalue weighted by Crippen LogP contribution is -2.52. The number of aliphatic hydroxyl groups is 1. The maximum Gasteiger partial charge on any atom is 0.308 e. The average molecular weight is 170 g/mol. The molecule has 0 aromatic carbocycles. The normalized spacial score (nSPS) is 44.8. The van der Waals surface area contributed by atoms with Crippen molar-refractivity contribution in [3.8, 4) is 0 Å². The summed E-state index contributed by atoms with van der Waals surface area (Å²) in [5.41, 5.74) is 0.318. The number of esters is 1. The summed E-state index contributed by atoms with van der Waals surface area (Å²) in [5.74, 6) is 0.0320. The van der Waals surface area contributed by atoms with Crippen molar-refractivity contribution in [3.63, 3.8) is 0 Å². The molecule has 68 valence electrons. The van der Waals surface area contributed by atoms with Gasteiger partial charge in [-0.2, -0.15) is 0 Å². The Morgan fingerprint density at radius 1 is 1.42 bits per heavy atom. The smallest absolute Gasteiger partial charge is 0.308 e. The maximum atomic E-state index is 11.0. The number of rotatable bonds is 1. The molecule has 2 saturated carbocycles. The molecule has 2 fully saturated rings. The Hall–Kier alpha value is -0.570. The number of ether oxygens (including phenoxy) is 1.